The normalized spacial score (nSPS) is 15.7. The molecule has 5 aromatic rings. The molecule has 310 valence electrons. The van der Waals surface area contributed by atoms with Crippen molar-refractivity contribution in [1.29, 1.82) is 0 Å². The molecule has 1 atom stereocenters. The van der Waals surface area contributed by atoms with Gasteiger partial charge in [-0.05, 0) is 42.3 Å². The number of carbonyl (C=O) groups excluding carboxylic acids is 4. The number of hydrogen-bond donors (Lipinski definition) is 1. The number of nitrogens with one attached hydrogen (secondary N) is 1. The molecule has 1 unspecified atom stereocenters. The number of piperidine rings is 1. The van der Waals surface area contributed by atoms with Gasteiger partial charge in [0.05, 0.1) is 75.1 Å². The number of aromatic nitrogens is 3. The van der Waals surface area contributed by atoms with Crippen molar-refractivity contribution in [3.63, 3.8) is 0 Å². The molecule has 59 heavy (non-hydrogen) atoms. The van der Waals surface area contributed by atoms with Gasteiger partial charge in [-0.25, -0.2) is 4.98 Å². The Morgan fingerprint density at radius 3 is 2.05 bits per heavy atom. The Morgan fingerprint density at radius 1 is 0.712 bits per heavy atom. The van der Waals surface area contributed by atoms with Gasteiger partial charge in [-0.15, -0.1) is 0 Å². The third-order valence-electron chi connectivity index (χ3n) is 9.81. The SMILES string of the molecule is Cn1c2ccncc2c2ccc(-c3cnc(OCCOCCOCCOCCOCCOc4ccc5c(c4)C(=O)N(C4CCC(=O)NC4=O)C5=O)cc3C(F)(F)F)cc21. The van der Waals surface area contributed by atoms with E-state index in [9.17, 15) is 32.3 Å². The summed E-state index contributed by atoms with van der Waals surface area (Å²) in [4.78, 5) is 58.7. The number of ether oxygens (including phenoxy) is 6. The van der Waals surface area contributed by atoms with E-state index in [2.05, 4.69) is 15.3 Å². The third kappa shape index (κ3) is 9.36. The molecular formula is C41H40F3N5O10. The Labute approximate surface area is 335 Å². The van der Waals surface area contributed by atoms with E-state index in [1.807, 2.05) is 17.7 Å². The molecule has 0 radical (unpaired) electrons. The van der Waals surface area contributed by atoms with Gasteiger partial charge in [0.15, 0.2) is 0 Å². The van der Waals surface area contributed by atoms with Gasteiger partial charge in [0, 0.05) is 60.0 Å². The van der Waals surface area contributed by atoms with Crippen molar-refractivity contribution in [3.8, 4) is 22.8 Å². The van der Waals surface area contributed by atoms with Crippen LogP contribution in [-0.4, -0.2) is 115 Å². The fourth-order valence-electron chi connectivity index (χ4n) is 6.93. The average Bonchev–Trinajstić information content (AvgIpc) is 3.65. The van der Waals surface area contributed by atoms with Crippen molar-refractivity contribution in [2.24, 2.45) is 7.05 Å². The predicted molar refractivity (Wildman–Crippen MR) is 204 cm³/mol. The number of imide groups is 2. The maximum atomic E-state index is 14.2. The van der Waals surface area contributed by atoms with E-state index in [0.717, 1.165) is 32.8 Å². The van der Waals surface area contributed by atoms with Crippen LogP contribution in [0, 0.1) is 0 Å². The standard InChI is InChI=1S/C41H40F3N5O10/c1-48-33-8-9-45-23-31(33)27-4-2-25(20-35(27)48)30-24-46-37(22-32(30)41(42,43)44)59-19-17-57-15-13-55-11-10-54-12-14-56-16-18-58-26-3-5-28-29(21-26)40(53)49(39(28)52)34-6-7-36(50)47-38(34)51/h2-5,8-9,20-24,34H,6-7,10-19H2,1H3,(H,47,50,51). The monoisotopic (exact) mass is 819 g/mol. The molecule has 15 nitrogen and oxygen atoms in total. The first-order valence-corrected chi connectivity index (χ1v) is 18.8. The molecule has 5 heterocycles. The quantitative estimate of drug-likeness (QED) is 0.0900. The van der Waals surface area contributed by atoms with Crippen LogP contribution < -0.4 is 14.8 Å². The van der Waals surface area contributed by atoms with Crippen molar-refractivity contribution in [1.82, 2.24) is 24.8 Å². The second-order valence-electron chi connectivity index (χ2n) is 13.6. The molecule has 18 heteroatoms. The third-order valence-corrected chi connectivity index (χ3v) is 9.81. The van der Waals surface area contributed by atoms with Gasteiger partial charge in [0.2, 0.25) is 17.7 Å². The highest BCUT2D eigenvalue weighted by atomic mass is 19.4. The van der Waals surface area contributed by atoms with Gasteiger partial charge in [0.1, 0.15) is 25.0 Å². The zero-order valence-electron chi connectivity index (χ0n) is 31.9. The van der Waals surface area contributed by atoms with Gasteiger partial charge in [-0.1, -0.05) is 12.1 Å². The van der Waals surface area contributed by atoms with E-state index in [-0.39, 0.29) is 75.1 Å². The first-order chi connectivity index (χ1) is 28.5. The summed E-state index contributed by atoms with van der Waals surface area (Å²) in [5.74, 6) is -2.13. The Balaban J connectivity index is 0.734. The van der Waals surface area contributed by atoms with Crippen LogP contribution in [0.4, 0.5) is 13.2 Å². The first-order valence-electron chi connectivity index (χ1n) is 18.8. The lowest BCUT2D eigenvalue weighted by molar-refractivity contribution is -0.138. The smallest absolute Gasteiger partial charge is 0.417 e. The van der Waals surface area contributed by atoms with E-state index < -0.39 is 41.4 Å². The number of pyridine rings is 2. The highest BCUT2D eigenvalue weighted by Gasteiger charge is 2.44. The summed E-state index contributed by atoms with van der Waals surface area (Å²) in [5.41, 5.74) is 1.47. The maximum absolute atomic E-state index is 14.2. The van der Waals surface area contributed by atoms with Crippen LogP contribution in [0.3, 0.4) is 0 Å². The molecule has 1 fully saturated rings. The Kier molecular flexibility index (Phi) is 12.8. The number of rotatable bonds is 19. The Bertz CT molecular complexity index is 2370. The Hall–Kier alpha value is -5.95. The molecule has 2 aromatic carbocycles. The molecule has 2 aliphatic heterocycles. The van der Waals surface area contributed by atoms with Gasteiger partial charge < -0.3 is 33.0 Å². The first kappa shape index (κ1) is 41.2. The second-order valence-corrected chi connectivity index (χ2v) is 13.6. The second kappa shape index (κ2) is 18.3. The van der Waals surface area contributed by atoms with E-state index in [1.165, 1.54) is 18.3 Å². The minimum absolute atomic E-state index is 0.00699. The van der Waals surface area contributed by atoms with Crippen molar-refractivity contribution >= 4 is 45.4 Å². The molecule has 0 aliphatic carbocycles. The zero-order valence-corrected chi connectivity index (χ0v) is 31.9. The van der Waals surface area contributed by atoms with Crippen molar-refractivity contribution in [2.75, 3.05) is 66.1 Å². The number of aryl methyl sites for hydroxylation is 1. The van der Waals surface area contributed by atoms with Crippen LogP contribution in [0.25, 0.3) is 32.9 Å². The maximum Gasteiger partial charge on any atom is 0.417 e. The molecule has 7 rings (SSSR count). The summed E-state index contributed by atoms with van der Waals surface area (Å²) in [6, 6.07) is 11.4. The van der Waals surface area contributed by atoms with Gasteiger partial charge in [0.25, 0.3) is 11.8 Å². The highest BCUT2D eigenvalue weighted by molar-refractivity contribution is 6.23. The molecule has 0 spiro atoms. The average molecular weight is 820 g/mol. The molecule has 4 amide bonds. The van der Waals surface area contributed by atoms with Crippen LogP contribution in [0.15, 0.2) is 67.1 Å². The summed E-state index contributed by atoms with van der Waals surface area (Å²) in [7, 11) is 1.86. The predicted octanol–water partition coefficient (Wildman–Crippen LogP) is 4.73. The molecule has 2 aliphatic rings. The number of benzene rings is 2. The molecule has 0 bridgehead atoms. The number of hydrogen-bond acceptors (Lipinski definition) is 12. The van der Waals surface area contributed by atoms with Crippen LogP contribution >= 0.6 is 0 Å². The summed E-state index contributed by atoms with van der Waals surface area (Å²) < 4.78 is 77.5. The van der Waals surface area contributed by atoms with Crippen LogP contribution in [0.5, 0.6) is 11.6 Å². The summed E-state index contributed by atoms with van der Waals surface area (Å²) in [5, 5.41) is 3.97. The topological polar surface area (TPSA) is 170 Å². The minimum Gasteiger partial charge on any atom is -0.491 e. The highest BCUT2D eigenvalue weighted by Crippen LogP contribution is 2.40. The van der Waals surface area contributed by atoms with Gasteiger partial charge in [-0.2, -0.15) is 13.2 Å². The minimum atomic E-state index is -4.64. The molecule has 1 saturated heterocycles. The lowest BCUT2D eigenvalue weighted by atomic mass is 10.00. The number of nitrogens with zero attached hydrogens (tertiary/aromatic N) is 4. The Morgan fingerprint density at radius 2 is 1.37 bits per heavy atom. The molecular weight excluding hydrogens is 779 g/mol. The number of halogens is 3. The summed E-state index contributed by atoms with van der Waals surface area (Å²) >= 11 is 0. The summed E-state index contributed by atoms with van der Waals surface area (Å²) in [6.45, 7) is 2.27. The van der Waals surface area contributed by atoms with Gasteiger partial charge >= 0.3 is 6.18 Å². The van der Waals surface area contributed by atoms with Crippen LogP contribution in [0.1, 0.15) is 39.1 Å². The zero-order chi connectivity index (χ0) is 41.5. The number of fused-ring (bicyclic) bond motifs is 4. The fraction of sp³-hybridized carbons (Fsp3) is 0.366. The number of carbonyl (C=O) groups is 4. The van der Waals surface area contributed by atoms with E-state index in [4.69, 9.17) is 28.4 Å². The lowest BCUT2D eigenvalue weighted by Crippen LogP contribution is -2.54. The van der Waals surface area contributed by atoms with Crippen LogP contribution in [-0.2, 0) is 41.8 Å². The van der Waals surface area contributed by atoms with E-state index in [1.54, 1.807) is 36.7 Å². The van der Waals surface area contributed by atoms with Crippen LogP contribution in [0.2, 0.25) is 0 Å². The van der Waals surface area contributed by atoms with Crippen molar-refractivity contribution in [3.05, 3.63) is 83.8 Å². The van der Waals surface area contributed by atoms with Gasteiger partial charge in [-0.3, -0.25) is 34.4 Å². The van der Waals surface area contributed by atoms with Crippen molar-refractivity contribution in [2.45, 2.75) is 25.1 Å². The van der Waals surface area contributed by atoms with E-state index >= 15 is 0 Å². The number of alkyl halides is 3. The molecule has 3 aromatic heterocycles. The number of amides is 4. The molecule has 1 N–H and O–H groups in total. The summed E-state index contributed by atoms with van der Waals surface area (Å²) in [6.07, 6.45) is 0.0657. The van der Waals surface area contributed by atoms with Crippen molar-refractivity contribution < 1.29 is 60.8 Å². The fourth-order valence-corrected chi connectivity index (χ4v) is 6.93. The van der Waals surface area contributed by atoms with E-state index in [0.29, 0.717) is 37.7 Å². The molecule has 0 saturated carbocycles. The largest absolute Gasteiger partial charge is 0.491 e. The lowest BCUT2D eigenvalue weighted by Gasteiger charge is -2.27.